The molecule has 0 saturated carbocycles. The molecule has 0 fully saturated rings. The Morgan fingerprint density at radius 2 is 2.09 bits per heavy atom. The first kappa shape index (κ1) is 23.5. The van der Waals surface area contributed by atoms with Crippen molar-refractivity contribution in [2.24, 2.45) is 0 Å². The number of benzene rings is 2. The van der Waals surface area contributed by atoms with E-state index in [2.05, 4.69) is 51.6 Å². The SMILES string of the molecule is CCC(Sc1nc2c(cc1C#N)CC(c1ccccc1)CC2)C(=O)Nc1ccc(Br)cc1F. The lowest BCUT2D eigenvalue weighted by Gasteiger charge is -2.25. The summed E-state index contributed by atoms with van der Waals surface area (Å²) in [5.41, 5.74) is 4.02. The number of nitrogens with zero attached hydrogens (tertiary/aromatic N) is 2. The molecule has 7 heteroatoms. The fraction of sp³-hybridized carbons (Fsp3) is 0.269. The summed E-state index contributed by atoms with van der Waals surface area (Å²) in [6.45, 7) is 1.89. The van der Waals surface area contributed by atoms with Gasteiger partial charge in [0.25, 0.3) is 0 Å². The van der Waals surface area contributed by atoms with Crippen molar-refractivity contribution in [3.63, 3.8) is 0 Å². The molecule has 1 amide bonds. The second kappa shape index (κ2) is 10.5. The van der Waals surface area contributed by atoms with E-state index in [9.17, 15) is 14.4 Å². The Morgan fingerprint density at radius 1 is 1.30 bits per heavy atom. The van der Waals surface area contributed by atoms with Crippen LogP contribution < -0.4 is 5.32 Å². The van der Waals surface area contributed by atoms with Crippen LogP contribution in [0.4, 0.5) is 10.1 Å². The third-order valence-electron chi connectivity index (χ3n) is 5.85. The number of nitriles is 1. The van der Waals surface area contributed by atoms with Crippen LogP contribution in [0.1, 0.15) is 48.1 Å². The number of fused-ring (bicyclic) bond motifs is 1. The lowest BCUT2D eigenvalue weighted by atomic mass is 9.82. The fourth-order valence-corrected chi connectivity index (χ4v) is 5.42. The number of amides is 1. The maximum Gasteiger partial charge on any atom is 0.237 e. The van der Waals surface area contributed by atoms with Gasteiger partial charge in [-0.2, -0.15) is 5.26 Å². The third kappa shape index (κ3) is 5.45. The van der Waals surface area contributed by atoms with E-state index in [4.69, 9.17) is 4.98 Å². The molecule has 33 heavy (non-hydrogen) atoms. The van der Waals surface area contributed by atoms with Crippen LogP contribution in [0.15, 0.2) is 64.1 Å². The van der Waals surface area contributed by atoms with Gasteiger partial charge in [-0.1, -0.05) is 64.9 Å². The zero-order valence-corrected chi connectivity index (χ0v) is 20.5. The molecule has 2 aromatic carbocycles. The summed E-state index contributed by atoms with van der Waals surface area (Å²) in [6, 6.07) is 19.1. The molecular weight excluding hydrogens is 501 g/mol. The molecule has 168 valence electrons. The van der Waals surface area contributed by atoms with Gasteiger partial charge in [-0.3, -0.25) is 4.79 Å². The minimum Gasteiger partial charge on any atom is -0.323 e. The third-order valence-corrected chi connectivity index (χ3v) is 7.71. The van der Waals surface area contributed by atoms with E-state index < -0.39 is 11.1 Å². The maximum atomic E-state index is 14.2. The molecule has 1 aliphatic rings. The van der Waals surface area contributed by atoms with Crippen LogP contribution in [0.3, 0.4) is 0 Å². The number of thioether (sulfide) groups is 1. The van der Waals surface area contributed by atoms with Crippen molar-refractivity contribution in [2.45, 2.75) is 48.8 Å². The molecule has 1 N–H and O–H groups in total. The van der Waals surface area contributed by atoms with Crippen LogP contribution in [-0.2, 0) is 17.6 Å². The standard InChI is InChI=1S/C26H23BrFN3OS/c1-2-24(25(32)30-23-11-9-20(27)14-21(23)28)33-26-19(15-29)13-18-12-17(8-10-22(18)31-26)16-6-4-3-5-7-16/h3-7,9,11,13-14,17,24H,2,8,10,12H2,1H3,(H,30,32). The van der Waals surface area contributed by atoms with Gasteiger partial charge in [0.05, 0.1) is 16.5 Å². The van der Waals surface area contributed by atoms with E-state index in [0.717, 1.165) is 30.5 Å². The molecule has 0 bridgehead atoms. The number of carbonyl (C=O) groups excluding carboxylic acids is 1. The highest BCUT2D eigenvalue weighted by atomic mass is 79.9. The van der Waals surface area contributed by atoms with Gasteiger partial charge < -0.3 is 5.32 Å². The molecule has 4 rings (SSSR count). The average molecular weight is 524 g/mol. The Kier molecular flexibility index (Phi) is 7.46. The van der Waals surface area contributed by atoms with E-state index in [-0.39, 0.29) is 11.6 Å². The van der Waals surface area contributed by atoms with Crippen molar-refractivity contribution in [3.05, 3.63) is 87.3 Å². The highest BCUT2D eigenvalue weighted by Crippen LogP contribution is 2.36. The van der Waals surface area contributed by atoms with E-state index in [1.54, 1.807) is 6.07 Å². The zero-order chi connectivity index (χ0) is 23.4. The smallest absolute Gasteiger partial charge is 0.237 e. The molecule has 1 aliphatic carbocycles. The van der Waals surface area contributed by atoms with Crippen LogP contribution in [0.2, 0.25) is 0 Å². The summed E-state index contributed by atoms with van der Waals surface area (Å²) in [5, 5.41) is 12.5. The molecule has 4 nitrogen and oxygen atoms in total. The topological polar surface area (TPSA) is 65.8 Å². The van der Waals surface area contributed by atoms with Gasteiger partial charge in [-0.25, -0.2) is 9.37 Å². The second-order valence-corrected chi connectivity index (χ2v) is 10.1. The number of nitrogens with one attached hydrogen (secondary N) is 1. The minimum atomic E-state index is -0.504. The van der Waals surface area contributed by atoms with Crippen molar-refractivity contribution >= 4 is 39.3 Å². The number of aromatic nitrogens is 1. The molecule has 3 aromatic rings. The summed E-state index contributed by atoms with van der Waals surface area (Å²) < 4.78 is 14.8. The van der Waals surface area contributed by atoms with Gasteiger partial charge in [0.1, 0.15) is 16.9 Å². The van der Waals surface area contributed by atoms with Gasteiger partial charge >= 0.3 is 0 Å². The number of rotatable bonds is 6. The summed E-state index contributed by atoms with van der Waals surface area (Å²) in [6.07, 6.45) is 3.21. The predicted molar refractivity (Wildman–Crippen MR) is 133 cm³/mol. The van der Waals surface area contributed by atoms with Crippen molar-refractivity contribution in [1.29, 1.82) is 5.26 Å². The van der Waals surface area contributed by atoms with Crippen LogP contribution in [0.25, 0.3) is 0 Å². The molecule has 1 aromatic heterocycles. The first-order valence-electron chi connectivity index (χ1n) is 10.9. The molecule has 2 unspecified atom stereocenters. The van der Waals surface area contributed by atoms with E-state index in [0.29, 0.717) is 27.4 Å². The van der Waals surface area contributed by atoms with Gasteiger partial charge in [0.15, 0.2) is 0 Å². The fourth-order valence-electron chi connectivity index (χ4n) is 4.09. The van der Waals surface area contributed by atoms with E-state index in [1.807, 2.05) is 19.1 Å². The summed E-state index contributed by atoms with van der Waals surface area (Å²) in [7, 11) is 0. The van der Waals surface area contributed by atoms with Crippen LogP contribution in [-0.4, -0.2) is 16.1 Å². The Bertz CT molecular complexity index is 1210. The van der Waals surface area contributed by atoms with E-state index >= 15 is 0 Å². The summed E-state index contributed by atoms with van der Waals surface area (Å²) in [5.74, 6) is -0.396. The van der Waals surface area contributed by atoms with Gasteiger partial charge in [0.2, 0.25) is 5.91 Å². The number of hydrogen-bond donors (Lipinski definition) is 1. The van der Waals surface area contributed by atoms with Crippen molar-refractivity contribution in [1.82, 2.24) is 4.98 Å². The average Bonchev–Trinajstić information content (AvgIpc) is 2.83. The van der Waals surface area contributed by atoms with Gasteiger partial charge in [-0.15, -0.1) is 0 Å². The molecule has 0 radical (unpaired) electrons. The summed E-state index contributed by atoms with van der Waals surface area (Å²) in [4.78, 5) is 17.7. The normalized spacial score (nSPS) is 15.9. The zero-order valence-electron chi connectivity index (χ0n) is 18.1. The van der Waals surface area contributed by atoms with Crippen LogP contribution >= 0.6 is 27.7 Å². The summed E-state index contributed by atoms with van der Waals surface area (Å²) >= 11 is 4.49. The van der Waals surface area contributed by atoms with Crippen molar-refractivity contribution in [2.75, 3.05) is 5.32 Å². The molecule has 2 atom stereocenters. The first-order chi connectivity index (χ1) is 16.0. The quantitative estimate of drug-likeness (QED) is 0.368. The minimum absolute atomic E-state index is 0.133. The largest absolute Gasteiger partial charge is 0.323 e. The second-order valence-electron chi connectivity index (χ2n) is 8.04. The molecule has 0 saturated heterocycles. The maximum absolute atomic E-state index is 14.2. The number of hydrogen-bond acceptors (Lipinski definition) is 4. The Morgan fingerprint density at radius 3 is 2.79 bits per heavy atom. The van der Waals surface area contributed by atoms with Gasteiger partial charge in [-0.05, 0) is 67.0 Å². The Labute approximate surface area is 205 Å². The van der Waals surface area contributed by atoms with E-state index in [1.165, 1.54) is 29.5 Å². The molecular formula is C26H23BrFN3OS. The van der Waals surface area contributed by atoms with Crippen molar-refractivity contribution < 1.29 is 9.18 Å². The number of pyridine rings is 1. The Balaban J connectivity index is 1.52. The monoisotopic (exact) mass is 523 g/mol. The van der Waals surface area contributed by atoms with Crippen molar-refractivity contribution in [3.8, 4) is 6.07 Å². The highest BCUT2D eigenvalue weighted by Gasteiger charge is 2.26. The predicted octanol–water partition coefficient (Wildman–Crippen LogP) is 6.64. The molecule has 0 spiro atoms. The number of aryl methyl sites for hydroxylation is 1. The van der Waals surface area contributed by atoms with Crippen LogP contribution in [0, 0.1) is 17.1 Å². The first-order valence-corrected chi connectivity index (χ1v) is 12.6. The highest BCUT2D eigenvalue weighted by molar-refractivity contribution is 9.10. The molecule has 1 heterocycles. The number of carbonyl (C=O) groups is 1. The molecule has 0 aliphatic heterocycles. The number of anilines is 1. The van der Waals surface area contributed by atoms with Crippen LogP contribution in [0.5, 0.6) is 0 Å². The number of halogens is 2. The Hall–Kier alpha value is -2.69. The lowest BCUT2D eigenvalue weighted by Crippen LogP contribution is -2.25. The van der Waals surface area contributed by atoms with Gasteiger partial charge in [0, 0.05) is 10.2 Å². The lowest BCUT2D eigenvalue weighted by molar-refractivity contribution is -0.115.